The molecule has 1 amide bonds. The number of amides is 1. The quantitative estimate of drug-likeness (QED) is 0.595. The number of carbonyl (C=O) groups is 1. The monoisotopic (exact) mass is 470 g/mol. The van der Waals surface area contributed by atoms with Gasteiger partial charge in [-0.15, -0.1) is 0 Å². The maximum absolute atomic E-state index is 13.2. The molecule has 1 N–H and O–H groups in total. The highest BCUT2D eigenvalue weighted by Gasteiger charge is 2.33. The van der Waals surface area contributed by atoms with Crippen LogP contribution in [0.25, 0.3) is 0 Å². The average molecular weight is 470 g/mol. The van der Waals surface area contributed by atoms with Gasteiger partial charge < -0.3 is 10.2 Å². The van der Waals surface area contributed by atoms with Crippen LogP contribution in [0.2, 0.25) is 0 Å². The van der Waals surface area contributed by atoms with Crippen LogP contribution >= 0.6 is 0 Å². The molecule has 0 saturated carbocycles. The number of nitrogens with one attached hydrogen (secondary N) is 1. The summed E-state index contributed by atoms with van der Waals surface area (Å²) < 4.78 is 41.0. The maximum atomic E-state index is 13.2. The van der Waals surface area contributed by atoms with Gasteiger partial charge in [0.1, 0.15) is 0 Å². The third-order valence-electron chi connectivity index (χ3n) is 5.96. The van der Waals surface area contributed by atoms with Crippen LogP contribution in [-0.4, -0.2) is 28.8 Å². The third-order valence-corrected chi connectivity index (χ3v) is 5.96. The van der Waals surface area contributed by atoms with Crippen molar-refractivity contribution in [3.05, 3.63) is 93.9 Å². The highest BCUT2D eigenvalue weighted by molar-refractivity contribution is 5.79. The number of halogens is 3. The van der Waals surface area contributed by atoms with Gasteiger partial charge in [0.25, 0.3) is 5.56 Å². The summed E-state index contributed by atoms with van der Waals surface area (Å²) in [5.74, 6) is -0.689. The largest absolute Gasteiger partial charge is 0.416 e. The number of piperidine rings is 1. The molecular formula is C25H25F3N4O2. The minimum atomic E-state index is -4.48. The Morgan fingerprint density at radius 3 is 2.56 bits per heavy atom. The molecule has 1 aromatic heterocycles. The summed E-state index contributed by atoms with van der Waals surface area (Å²) in [6.45, 7) is 1.22. The van der Waals surface area contributed by atoms with Gasteiger partial charge in [-0.2, -0.15) is 18.3 Å². The molecule has 1 fully saturated rings. The fourth-order valence-electron chi connectivity index (χ4n) is 4.18. The predicted octanol–water partition coefficient (Wildman–Crippen LogP) is 3.84. The lowest BCUT2D eigenvalue weighted by molar-refractivity contribution is -0.138. The van der Waals surface area contributed by atoms with Crippen LogP contribution in [0.5, 0.6) is 0 Å². The number of hydrogen-bond donors (Lipinski definition) is 1. The van der Waals surface area contributed by atoms with E-state index in [4.69, 9.17) is 0 Å². The minimum Gasteiger partial charge on any atom is -0.369 e. The van der Waals surface area contributed by atoms with Gasteiger partial charge in [-0.05, 0) is 30.0 Å². The number of aromatic nitrogens is 2. The standard InChI is InChI=1S/C25H25F3N4O2/c26-25(27,28)22-11-5-4-9-19(22)14-29-24(34)20-10-6-12-31(17-20)21-13-23(33)32(30-15-21)16-18-7-2-1-3-8-18/h1-5,7-9,11,13,15,20H,6,10,12,14,16-17H2,(H,29,34)/t20-/m1/s1. The van der Waals surface area contributed by atoms with E-state index in [9.17, 15) is 22.8 Å². The van der Waals surface area contributed by atoms with Gasteiger partial charge in [0.2, 0.25) is 5.91 Å². The first-order valence-electron chi connectivity index (χ1n) is 11.1. The molecule has 1 atom stereocenters. The molecule has 0 bridgehead atoms. The van der Waals surface area contributed by atoms with E-state index in [1.807, 2.05) is 35.2 Å². The highest BCUT2D eigenvalue weighted by atomic mass is 19.4. The first-order valence-corrected chi connectivity index (χ1v) is 11.1. The molecule has 4 rings (SSSR count). The van der Waals surface area contributed by atoms with Crippen LogP contribution in [0.4, 0.5) is 18.9 Å². The molecule has 34 heavy (non-hydrogen) atoms. The Kier molecular flexibility index (Phi) is 7.00. The summed E-state index contributed by atoms with van der Waals surface area (Å²) in [6.07, 6.45) is -1.51. The molecule has 2 heterocycles. The van der Waals surface area contributed by atoms with E-state index in [-0.39, 0.29) is 23.6 Å². The predicted molar refractivity (Wildman–Crippen MR) is 122 cm³/mol. The smallest absolute Gasteiger partial charge is 0.369 e. The average Bonchev–Trinajstić information content (AvgIpc) is 2.84. The van der Waals surface area contributed by atoms with Gasteiger partial charge in [0.15, 0.2) is 0 Å². The summed E-state index contributed by atoms with van der Waals surface area (Å²) in [5, 5.41) is 6.94. The van der Waals surface area contributed by atoms with Crippen molar-refractivity contribution in [1.82, 2.24) is 15.1 Å². The number of carbonyl (C=O) groups excluding carboxylic acids is 1. The van der Waals surface area contributed by atoms with Crippen molar-refractivity contribution in [3.63, 3.8) is 0 Å². The second-order valence-corrected chi connectivity index (χ2v) is 8.35. The van der Waals surface area contributed by atoms with Crippen molar-refractivity contribution in [2.75, 3.05) is 18.0 Å². The van der Waals surface area contributed by atoms with Gasteiger partial charge in [0, 0.05) is 25.7 Å². The molecule has 3 aromatic rings. The maximum Gasteiger partial charge on any atom is 0.416 e. The summed E-state index contributed by atoms with van der Waals surface area (Å²) >= 11 is 0. The van der Waals surface area contributed by atoms with Gasteiger partial charge in [-0.3, -0.25) is 9.59 Å². The van der Waals surface area contributed by atoms with Gasteiger partial charge in [-0.1, -0.05) is 48.5 Å². The van der Waals surface area contributed by atoms with E-state index in [0.717, 1.165) is 18.1 Å². The van der Waals surface area contributed by atoms with Crippen molar-refractivity contribution in [2.45, 2.75) is 32.1 Å². The number of hydrogen-bond acceptors (Lipinski definition) is 4. The van der Waals surface area contributed by atoms with Crippen LogP contribution in [0, 0.1) is 5.92 Å². The zero-order chi connectivity index (χ0) is 24.1. The molecule has 6 nitrogen and oxygen atoms in total. The SMILES string of the molecule is O=C(NCc1ccccc1C(F)(F)F)[C@@H]1CCCN(c2cnn(Cc3ccccc3)c(=O)c2)C1. The Morgan fingerprint density at radius 1 is 1.09 bits per heavy atom. The van der Waals surface area contributed by atoms with E-state index in [1.165, 1.54) is 28.9 Å². The molecule has 0 radical (unpaired) electrons. The molecule has 1 saturated heterocycles. The van der Waals surface area contributed by atoms with Crippen LogP contribution in [0.3, 0.4) is 0 Å². The summed E-state index contributed by atoms with van der Waals surface area (Å²) in [5.41, 5.74) is 0.641. The topological polar surface area (TPSA) is 67.2 Å². The normalized spacial score (nSPS) is 16.3. The fourth-order valence-corrected chi connectivity index (χ4v) is 4.18. The Hall–Kier alpha value is -3.62. The molecule has 9 heteroatoms. The number of anilines is 1. The van der Waals surface area contributed by atoms with E-state index in [2.05, 4.69) is 10.4 Å². The fraction of sp³-hybridized carbons (Fsp3) is 0.320. The van der Waals surface area contributed by atoms with Crippen molar-refractivity contribution in [2.24, 2.45) is 5.92 Å². The van der Waals surface area contributed by atoms with E-state index < -0.39 is 17.7 Å². The summed E-state index contributed by atoms with van der Waals surface area (Å²) in [7, 11) is 0. The van der Waals surface area contributed by atoms with Crippen molar-refractivity contribution < 1.29 is 18.0 Å². The Morgan fingerprint density at radius 2 is 1.82 bits per heavy atom. The lowest BCUT2D eigenvalue weighted by atomic mass is 9.96. The van der Waals surface area contributed by atoms with Gasteiger partial charge >= 0.3 is 6.18 Å². The van der Waals surface area contributed by atoms with Gasteiger partial charge in [0.05, 0.1) is 29.9 Å². The minimum absolute atomic E-state index is 0.0299. The Balaban J connectivity index is 1.39. The third kappa shape index (κ3) is 5.65. The van der Waals surface area contributed by atoms with Crippen LogP contribution in [0.15, 0.2) is 71.7 Å². The second kappa shape index (κ2) is 10.1. The first kappa shape index (κ1) is 23.5. The Bertz CT molecular complexity index is 1190. The van der Waals surface area contributed by atoms with E-state index >= 15 is 0 Å². The number of benzene rings is 2. The van der Waals surface area contributed by atoms with Crippen LogP contribution < -0.4 is 15.8 Å². The molecule has 0 spiro atoms. The zero-order valence-electron chi connectivity index (χ0n) is 18.5. The molecule has 2 aromatic carbocycles. The molecule has 178 valence electrons. The van der Waals surface area contributed by atoms with Crippen molar-refractivity contribution >= 4 is 11.6 Å². The second-order valence-electron chi connectivity index (χ2n) is 8.35. The van der Waals surface area contributed by atoms with Crippen molar-refractivity contribution in [1.29, 1.82) is 0 Å². The molecular weight excluding hydrogens is 445 g/mol. The molecule has 1 aliphatic rings. The van der Waals surface area contributed by atoms with Gasteiger partial charge in [-0.25, -0.2) is 4.68 Å². The highest BCUT2D eigenvalue weighted by Crippen LogP contribution is 2.32. The van der Waals surface area contributed by atoms with E-state index in [1.54, 1.807) is 6.20 Å². The lowest BCUT2D eigenvalue weighted by Gasteiger charge is -2.33. The first-order chi connectivity index (χ1) is 16.3. The summed E-state index contributed by atoms with van der Waals surface area (Å²) in [4.78, 5) is 27.2. The van der Waals surface area contributed by atoms with Crippen LogP contribution in [0.1, 0.15) is 29.5 Å². The number of rotatable bonds is 6. The summed E-state index contributed by atoms with van der Waals surface area (Å²) in [6, 6.07) is 16.3. The van der Waals surface area contributed by atoms with Crippen molar-refractivity contribution in [3.8, 4) is 0 Å². The molecule has 0 aliphatic carbocycles. The van der Waals surface area contributed by atoms with Crippen LogP contribution in [-0.2, 0) is 24.1 Å². The number of nitrogens with zero attached hydrogens (tertiary/aromatic N) is 3. The number of alkyl halides is 3. The lowest BCUT2D eigenvalue weighted by Crippen LogP contribution is -2.43. The molecule has 1 aliphatic heterocycles. The van der Waals surface area contributed by atoms with E-state index in [0.29, 0.717) is 31.7 Å². The Labute approximate surface area is 195 Å². The molecule has 0 unspecified atom stereocenters. The zero-order valence-corrected chi connectivity index (χ0v) is 18.5.